The summed E-state index contributed by atoms with van der Waals surface area (Å²) in [5.74, 6) is 1.05. The fraction of sp³-hybridized carbons (Fsp3) is 0.417. The van der Waals surface area contributed by atoms with Crippen LogP contribution in [-0.4, -0.2) is 22.5 Å². The monoisotopic (exact) mass is 268 g/mol. The first-order valence-electron chi connectivity index (χ1n) is 5.73. The molecule has 1 aromatic heterocycles. The smallest absolute Gasteiger partial charge is 0.183 e. The first-order valence-corrected chi connectivity index (χ1v) is 7.59. The van der Waals surface area contributed by atoms with Crippen molar-refractivity contribution in [1.29, 1.82) is 0 Å². The number of rotatable bonds is 3. The van der Waals surface area contributed by atoms with Gasteiger partial charge in [0.1, 0.15) is 5.82 Å². The molecule has 1 N–H and O–H groups in total. The van der Waals surface area contributed by atoms with Crippen molar-refractivity contribution in [1.82, 2.24) is 4.98 Å². The van der Waals surface area contributed by atoms with E-state index in [1.165, 1.54) is 30.7 Å². The van der Waals surface area contributed by atoms with Crippen molar-refractivity contribution >= 4 is 38.4 Å². The predicted octanol–water partition coefficient (Wildman–Crippen LogP) is 3.74. The molecule has 0 bridgehead atoms. The summed E-state index contributed by atoms with van der Waals surface area (Å²) >= 11 is 3.62. The van der Waals surface area contributed by atoms with Gasteiger partial charge in [-0.25, -0.2) is 9.37 Å². The third-order valence-corrected chi connectivity index (χ3v) is 5.25. The fourth-order valence-electron chi connectivity index (χ4n) is 1.98. The molecule has 1 aromatic carbocycles. The molecule has 0 amide bonds. The number of anilines is 1. The zero-order chi connectivity index (χ0) is 11.7. The Morgan fingerprint density at radius 2 is 2.41 bits per heavy atom. The Morgan fingerprint density at radius 3 is 3.24 bits per heavy atom. The molecule has 0 radical (unpaired) electrons. The number of halogens is 1. The van der Waals surface area contributed by atoms with E-state index in [0.717, 1.165) is 21.9 Å². The van der Waals surface area contributed by atoms with Gasteiger partial charge in [0.25, 0.3) is 0 Å². The summed E-state index contributed by atoms with van der Waals surface area (Å²) in [6.07, 6.45) is 2.61. The first kappa shape index (κ1) is 11.3. The molecule has 1 unspecified atom stereocenters. The van der Waals surface area contributed by atoms with Gasteiger partial charge >= 0.3 is 0 Å². The van der Waals surface area contributed by atoms with E-state index in [2.05, 4.69) is 10.3 Å². The highest BCUT2D eigenvalue weighted by atomic mass is 32.2. The maximum atomic E-state index is 13.0. The van der Waals surface area contributed by atoms with E-state index in [1.54, 1.807) is 17.4 Å². The molecule has 0 saturated carbocycles. The van der Waals surface area contributed by atoms with Gasteiger partial charge in [0, 0.05) is 17.9 Å². The molecule has 1 aliphatic heterocycles. The van der Waals surface area contributed by atoms with E-state index in [4.69, 9.17) is 0 Å². The van der Waals surface area contributed by atoms with Gasteiger partial charge in [-0.05, 0) is 30.7 Å². The molecule has 3 rings (SSSR count). The lowest BCUT2D eigenvalue weighted by atomic mass is 10.2. The molecule has 1 fully saturated rings. The second-order valence-electron chi connectivity index (χ2n) is 4.15. The van der Waals surface area contributed by atoms with Gasteiger partial charge in [0.15, 0.2) is 5.13 Å². The number of fused-ring (bicyclic) bond motifs is 1. The van der Waals surface area contributed by atoms with Crippen LogP contribution in [0.2, 0.25) is 0 Å². The standard InChI is InChI=1S/C12H13FN2S2/c13-8-3-4-11-10(6-8)15-12(17-11)14-7-9-2-1-5-16-9/h3-4,6,9H,1-2,5,7H2,(H,14,15). The maximum absolute atomic E-state index is 13.0. The van der Waals surface area contributed by atoms with Crippen molar-refractivity contribution < 1.29 is 4.39 Å². The summed E-state index contributed by atoms with van der Waals surface area (Å²) in [6, 6.07) is 4.76. The lowest BCUT2D eigenvalue weighted by molar-refractivity contribution is 0.629. The third kappa shape index (κ3) is 2.55. The molecule has 2 aromatic rings. The Hall–Kier alpha value is -0.810. The lowest BCUT2D eigenvalue weighted by Gasteiger charge is -2.07. The van der Waals surface area contributed by atoms with E-state index in [-0.39, 0.29) is 5.82 Å². The molecule has 2 heterocycles. The van der Waals surface area contributed by atoms with Crippen LogP contribution in [-0.2, 0) is 0 Å². The number of nitrogens with one attached hydrogen (secondary N) is 1. The van der Waals surface area contributed by atoms with Crippen molar-refractivity contribution in [3.63, 3.8) is 0 Å². The zero-order valence-corrected chi connectivity index (χ0v) is 10.9. The summed E-state index contributed by atoms with van der Waals surface area (Å²) in [5.41, 5.74) is 0.747. The molecular weight excluding hydrogens is 255 g/mol. The minimum atomic E-state index is -0.222. The SMILES string of the molecule is Fc1ccc2sc(NCC3CCCS3)nc2c1. The van der Waals surface area contributed by atoms with Gasteiger partial charge in [0.2, 0.25) is 0 Å². The Balaban J connectivity index is 1.72. The average molecular weight is 268 g/mol. The number of thioether (sulfide) groups is 1. The van der Waals surface area contributed by atoms with Crippen LogP contribution in [0.5, 0.6) is 0 Å². The van der Waals surface area contributed by atoms with Crippen LogP contribution in [0.15, 0.2) is 18.2 Å². The van der Waals surface area contributed by atoms with Gasteiger partial charge in [-0.2, -0.15) is 11.8 Å². The fourth-order valence-corrected chi connectivity index (χ4v) is 4.04. The molecular formula is C12H13FN2S2. The van der Waals surface area contributed by atoms with Crippen LogP contribution in [0.1, 0.15) is 12.8 Å². The summed E-state index contributed by atoms with van der Waals surface area (Å²) in [5, 5.41) is 4.97. The number of hydrogen-bond donors (Lipinski definition) is 1. The molecule has 1 aliphatic rings. The van der Waals surface area contributed by atoms with Crippen molar-refractivity contribution in [2.75, 3.05) is 17.6 Å². The van der Waals surface area contributed by atoms with Crippen LogP contribution >= 0.6 is 23.1 Å². The highest BCUT2D eigenvalue weighted by Gasteiger charge is 2.15. The van der Waals surface area contributed by atoms with Gasteiger partial charge in [-0.1, -0.05) is 11.3 Å². The van der Waals surface area contributed by atoms with Crippen LogP contribution in [0.4, 0.5) is 9.52 Å². The number of hydrogen-bond acceptors (Lipinski definition) is 4. The minimum absolute atomic E-state index is 0.222. The Labute approximate surface area is 108 Å². The second-order valence-corrected chi connectivity index (χ2v) is 6.59. The minimum Gasteiger partial charge on any atom is -0.360 e. The van der Waals surface area contributed by atoms with Crippen molar-refractivity contribution in [3.8, 4) is 0 Å². The molecule has 0 spiro atoms. The van der Waals surface area contributed by atoms with Crippen LogP contribution in [0.3, 0.4) is 0 Å². The van der Waals surface area contributed by atoms with Gasteiger partial charge in [0.05, 0.1) is 10.2 Å². The second kappa shape index (κ2) is 4.82. The van der Waals surface area contributed by atoms with Crippen molar-refractivity contribution in [3.05, 3.63) is 24.0 Å². The largest absolute Gasteiger partial charge is 0.360 e. The molecule has 1 atom stereocenters. The lowest BCUT2D eigenvalue weighted by Crippen LogP contribution is -2.13. The molecule has 2 nitrogen and oxygen atoms in total. The first-order chi connectivity index (χ1) is 8.31. The van der Waals surface area contributed by atoms with Gasteiger partial charge < -0.3 is 5.32 Å². The van der Waals surface area contributed by atoms with Crippen LogP contribution in [0.25, 0.3) is 10.2 Å². The normalized spacial score (nSPS) is 19.9. The molecule has 1 saturated heterocycles. The van der Waals surface area contributed by atoms with E-state index in [9.17, 15) is 4.39 Å². The van der Waals surface area contributed by atoms with E-state index in [1.807, 2.05) is 11.8 Å². The Bertz CT molecular complexity index is 520. The molecule has 5 heteroatoms. The summed E-state index contributed by atoms with van der Waals surface area (Å²) < 4.78 is 14.1. The van der Waals surface area contributed by atoms with Gasteiger partial charge in [-0.15, -0.1) is 0 Å². The van der Waals surface area contributed by atoms with E-state index >= 15 is 0 Å². The molecule has 17 heavy (non-hydrogen) atoms. The Kier molecular flexibility index (Phi) is 3.20. The van der Waals surface area contributed by atoms with Crippen molar-refractivity contribution in [2.45, 2.75) is 18.1 Å². The van der Waals surface area contributed by atoms with Crippen LogP contribution < -0.4 is 5.32 Å². The predicted molar refractivity (Wildman–Crippen MR) is 73.5 cm³/mol. The number of nitrogens with zero attached hydrogens (tertiary/aromatic N) is 1. The van der Waals surface area contributed by atoms with Gasteiger partial charge in [-0.3, -0.25) is 0 Å². The Morgan fingerprint density at radius 1 is 1.47 bits per heavy atom. The highest BCUT2D eigenvalue weighted by Crippen LogP contribution is 2.29. The number of thiazole rings is 1. The van der Waals surface area contributed by atoms with E-state index in [0.29, 0.717) is 5.25 Å². The number of aromatic nitrogens is 1. The maximum Gasteiger partial charge on any atom is 0.183 e. The zero-order valence-electron chi connectivity index (χ0n) is 9.28. The van der Waals surface area contributed by atoms with Crippen LogP contribution in [0, 0.1) is 5.82 Å². The summed E-state index contributed by atoms with van der Waals surface area (Å²) in [6.45, 7) is 0.965. The van der Waals surface area contributed by atoms with E-state index < -0.39 is 0 Å². The summed E-state index contributed by atoms with van der Waals surface area (Å²) in [4.78, 5) is 4.39. The van der Waals surface area contributed by atoms with Crippen molar-refractivity contribution in [2.24, 2.45) is 0 Å². The summed E-state index contributed by atoms with van der Waals surface area (Å²) in [7, 11) is 0. The third-order valence-electron chi connectivity index (χ3n) is 2.85. The topological polar surface area (TPSA) is 24.9 Å². The number of benzene rings is 1. The quantitative estimate of drug-likeness (QED) is 0.918. The molecule has 90 valence electrons. The molecule has 0 aliphatic carbocycles. The highest BCUT2D eigenvalue weighted by molar-refractivity contribution is 8.00. The average Bonchev–Trinajstić information content (AvgIpc) is 2.94.